The topological polar surface area (TPSA) is 23.5 Å². The summed E-state index contributed by atoms with van der Waals surface area (Å²) in [6.07, 6.45) is 3.04. The van der Waals surface area contributed by atoms with Crippen molar-refractivity contribution in [1.82, 2.24) is 4.90 Å². The van der Waals surface area contributed by atoms with E-state index in [1.807, 2.05) is 30.3 Å². The van der Waals surface area contributed by atoms with E-state index in [1.165, 1.54) is 19.4 Å². The summed E-state index contributed by atoms with van der Waals surface area (Å²) in [5.74, 6) is 0. The maximum absolute atomic E-state index is 10.1. The third-order valence-corrected chi connectivity index (χ3v) is 3.35. The number of benzene rings is 1. The van der Waals surface area contributed by atoms with E-state index in [0.29, 0.717) is 6.04 Å². The van der Waals surface area contributed by atoms with E-state index in [4.69, 9.17) is 0 Å². The van der Waals surface area contributed by atoms with Crippen LogP contribution in [-0.4, -0.2) is 29.6 Å². The van der Waals surface area contributed by atoms with E-state index in [2.05, 4.69) is 11.9 Å². The van der Waals surface area contributed by atoms with Gasteiger partial charge in [0, 0.05) is 6.04 Å². The molecule has 2 rings (SSSR count). The summed E-state index contributed by atoms with van der Waals surface area (Å²) in [5, 5.41) is 10.1. The molecule has 2 nitrogen and oxygen atoms in total. The first kappa shape index (κ1) is 10.7. The molecule has 1 fully saturated rings. The predicted octanol–water partition coefficient (Wildman–Crippen LogP) is 2.20. The Morgan fingerprint density at radius 2 is 2.13 bits per heavy atom. The summed E-state index contributed by atoms with van der Waals surface area (Å²) < 4.78 is 0. The highest BCUT2D eigenvalue weighted by Gasteiger charge is 2.23. The van der Waals surface area contributed by atoms with Gasteiger partial charge in [0.05, 0.1) is 6.10 Å². The van der Waals surface area contributed by atoms with Crippen molar-refractivity contribution in [2.45, 2.75) is 31.4 Å². The highest BCUT2D eigenvalue weighted by atomic mass is 16.3. The molecule has 1 saturated heterocycles. The summed E-state index contributed by atoms with van der Waals surface area (Å²) in [7, 11) is 2.15. The third kappa shape index (κ3) is 2.58. The highest BCUT2D eigenvalue weighted by Crippen LogP contribution is 2.25. The van der Waals surface area contributed by atoms with Crippen molar-refractivity contribution in [1.29, 1.82) is 0 Å². The molecule has 1 aromatic rings. The molecule has 1 aliphatic rings. The fourth-order valence-corrected chi connectivity index (χ4v) is 2.35. The van der Waals surface area contributed by atoms with Crippen molar-refractivity contribution in [3.63, 3.8) is 0 Å². The van der Waals surface area contributed by atoms with Gasteiger partial charge in [-0.15, -0.1) is 0 Å². The maximum Gasteiger partial charge on any atom is 0.0805 e. The number of hydrogen-bond donors (Lipinski definition) is 1. The first-order valence-electron chi connectivity index (χ1n) is 5.70. The quantitative estimate of drug-likeness (QED) is 0.817. The smallest absolute Gasteiger partial charge is 0.0805 e. The minimum atomic E-state index is -0.309. The lowest BCUT2D eigenvalue weighted by atomic mass is 10.0. The predicted molar refractivity (Wildman–Crippen MR) is 61.7 cm³/mol. The van der Waals surface area contributed by atoms with Gasteiger partial charge in [-0.3, -0.25) is 0 Å². The van der Waals surface area contributed by atoms with Gasteiger partial charge in [0.1, 0.15) is 0 Å². The van der Waals surface area contributed by atoms with Crippen molar-refractivity contribution in [2.75, 3.05) is 13.6 Å². The lowest BCUT2D eigenvalue weighted by Crippen LogP contribution is -2.26. The SMILES string of the molecule is CN1CCC[C@@H]1C[C@H](O)c1ccccc1. The number of nitrogens with zero attached hydrogens (tertiary/aromatic N) is 1. The van der Waals surface area contributed by atoms with Gasteiger partial charge < -0.3 is 10.0 Å². The number of rotatable bonds is 3. The zero-order chi connectivity index (χ0) is 10.7. The van der Waals surface area contributed by atoms with Crippen LogP contribution in [-0.2, 0) is 0 Å². The van der Waals surface area contributed by atoms with Crippen LogP contribution in [0.15, 0.2) is 30.3 Å². The fraction of sp³-hybridized carbons (Fsp3) is 0.538. The van der Waals surface area contributed by atoms with Gasteiger partial charge >= 0.3 is 0 Å². The second kappa shape index (κ2) is 4.77. The van der Waals surface area contributed by atoms with Gasteiger partial charge in [0.2, 0.25) is 0 Å². The van der Waals surface area contributed by atoms with Crippen LogP contribution in [0.5, 0.6) is 0 Å². The lowest BCUT2D eigenvalue weighted by Gasteiger charge is -2.22. The summed E-state index contributed by atoms with van der Waals surface area (Å²) in [6.45, 7) is 1.17. The minimum Gasteiger partial charge on any atom is -0.388 e. The molecule has 0 aromatic heterocycles. The Bertz CT molecular complexity index is 299. The van der Waals surface area contributed by atoms with Crippen LogP contribution in [0.25, 0.3) is 0 Å². The van der Waals surface area contributed by atoms with Crippen LogP contribution in [0.4, 0.5) is 0 Å². The lowest BCUT2D eigenvalue weighted by molar-refractivity contribution is 0.130. The van der Waals surface area contributed by atoms with Gasteiger partial charge in [-0.2, -0.15) is 0 Å². The van der Waals surface area contributed by atoms with Gasteiger partial charge in [0.25, 0.3) is 0 Å². The van der Waals surface area contributed by atoms with E-state index in [9.17, 15) is 5.11 Å². The van der Waals surface area contributed by atoms with Gasteiger partial charge in [-0.1, -0.05) is 30.3 Å². The van der Waals surface area contributed by atoms with Crippen LogP contribution in [0.2, 0.25) is 0 Å². The van der Waals surface area contributed by atoms with Gasteiger partial charge in [-0.05, 0) is 38.4 Å². The monoisotopic (exact) mass is 205 g/mol. The summed E-state index contributed by atoms with van der Waals surface area (Å²) in [5.41, 5.74) is 1.04. The van der Waals surface area contributed by atoms with Crippen molar-refractivity contribution < 1.29 is 5.11 Å². The summed E-state index contributed by atoms with van der Waals surface area (Å²) >= 11 is 0. The molecule has 0 amide bonds. The molecule has 0 radical (unpaired) electrons. The molecule has 82 valence electrons. The molecule has 0 bridgehead atoms. The van der Waals surface area contributed by atoms with E-state index >= 15 is 0 Å². The van der Waals surface area contributed by atoms with Crippen LogP contribution in [0.1, 0.15) is 30.9 Å². The molecular weight excluding hydrogens is 186 g/mol. The Morgan fingerprint density at radius 3 is 2.73 bits per heavy atom. The van der Waals surface area contributed by atoms with Crippen molar-refractivity contribution >= 4 is 0 Å². The highest BCUT2D eigenvalue weighted by molar-refractivity contribution is 5.17. The standard InChI is InChI=1S/C13H19NO/c1-14-9-5-8-12(14)10-13(15)11-6-3-2-4-7-11/h2-4,6-7,12-13,15H,5,8-10H2,1H3/t12-,13+/m1/s1. The van der Waals surface area contributed by atoms with Crippen LogP contribution >= 0.6 is 0 Å². The van der Waals surface area contributed by atoms with Crippen molar-refractivity contribution in [2.24, 2.45) is 0 Å². The first-order valence-corrected chi connectivity index (χ1v) is 5.70. The van der Waals surface area contributed by atoms with E-state index in [-0.39, 0.29) is 6.10 Å². The van der Waals surface area contributed by atoms with E-state index < -0.39 is 0 Å². The molecule has 1 aromatic carbocycles. The van der Waals surface area contributed by atoms with E-state index in [1.54, 1.807) is 0 Å². The second-order valence-electron chi connectivity index (χ2n) is 4.44. The molecule has 1 aliphatic heterocycles. The largest absolute Gasteiger partial charge is 0.388 e. The molecule has 0 unspecified atom stereocenters. The Balaban J connectivity index is 1.95. The Morgan fingerprint density at radius 1 is 1.40 bits per heavy atom. The molecule has 2 atom stereocenters. The first-order chi connectivity index (χ1) is 7.27. The number of aliphatic hydroxyl groups is 1. The average Bonchev–Trinajstić information content (AvgIpc) is 2.66. The maximum atomic E-state index is 10.1. The average molecular weight is 205 g/mol. The van der Waals surface area contributed by atoms with Gasteiger partial charge in [0.15, 0.2) is 0 Å². The third-order valence-electron chi connectivity index (χ3n) is 3.35. The fourth-order valence-electron chi connectivity index (χ4n) is 2.35. The number of likely N-dealkylation sites (tertiary alicyclic amines) is 1. The molecule has 15 heavy (non-hydrogen) atoms. The zero-order valence-electron chi connectivity index (χ0n) is 9.26. The molecule has 2 heteroatoms. The molecule has 1 N–H and O–H groups in total. The Hall–Kier alpha value is -0.860. The van der Waals surface area contributed by atoms with E-state index in [0.717, 1.165) is 12.0 Å². The minimum absolute atomic E-state index is 0.309. The number of hydrogen-bond acceptors (Lipinski definition) is 2. The van der Waals surface area contributed by atoms with Crippen LogP contribution in [0.3, 0.4) is 0 Å². The van der Waals surface area contributed by atoms with Crippen molar-refractivity contribution in [3.8, 4) is 0 Å². The molecular formula is C13H19NO. The van der Waals surface area contributed by atoms with Crippen LogP contribution in [0, 0.1) is 0 Å². The second-order valence-corrected chi connectivity index (χ2v) is 4.44. The van der Waals surface area contributed by atoms with Gasteiger partial charge in [-0.25, -0.2) is 0 Å². The molecule has 0 saturated carbocycles. The molecule has 0 spiro atoms. The summed E-state index contributed by atoms with van der Waals surface area (Å²) in [6, 6.07) is 10.5. The number of aliphatic hydroxyl groups excluding tert-OH is 1. The Labute approximate surface area is 91.5 Å². The summed E-state index contributed by atoms with van der Waals surface area (Å²) in [4.78, 5) is 2.35. The zero-order valence-corrected chi connectivity index (χ0v) is 9.26. The Kier molecular flexibility index (Phi) is 3.39. The van der Waals surface area contributed by atoms with Crippen molar-refractivity contribution in [3.05, 3.63) is 35.9 Å². The van der Waals surface area contributed by atoms with Crippen LogP contribution < -0.4 is 0 Å². The normalized spacial score (nSPS) is 24.3. The molecule has 1 heterocycles. The molecule has 0 aliphatic carbocycles.